The first kappa shape index (κ1) is 16.9. The van der Waals surface area contributed by atoms with E-state index < -0.39 is 10.1 Å². The first-order chi connectivity index (χ1) is 13.3. The summed E-state index contributed by atoms with van der Waals surface area (Å²) >= 11 is 0. The Morgan fingerprint density at radius 2 is 1.82 bits per heavy atom. The van der Waals surface area contributed by atoms with Crippen LogP contribution in [-0.4, -0.2) is 29.8 Å². The van der Waals surface area contributed by atoms with Crippen molar-refractivity contribution in [2.24, 2.45) is 0 Å². The molecule has 7 nitrogen and oxygen atoms in total. The number of benzene rings is 2. The van der Waals surface area contributed by atoms with Gasteiger partial charge in [0.05, 0.1) is 22.0 Å². The summed E-state index contributed by atoms with van der Waals surface area (Å²) in [5.41, 5.74) is 2.11. The Labute approximate surface area is 159 Å². The van der Waals surface area contributed by atoms with Crippen molar-refractivity contribution in [1.29, 1.82) is 0 Å². The number of fused-ring (bicyclic) bond motifs is 4. The topological polar surface area (TPSA) is 116 Å². The maximum absolute atomic E-state index is 12.9. The van der Waals surface area contributed by atoms with E-state index in [0.717, 1.165) is 0 Å². The van der Waals surface area contributed by atoms with Crippen molar-refractivity contribution in [2.45, 2.75) is 17.4 Å². The van der Waals surface area contributed by atoms with Crippen LogP contribution in [0.1, 0.15) is 16.8 Å². The van der Waals surface area contributed by atoms with Crippen LogP contribution in [0.25, 0.3) is 21.8 Å². The summed E-state index contributed by atoms with van der Waals surface area (Å²) in [5.74, 6) is -0.0994. The molecule has 1 aliphatic carbocycles. The van der Waals surface area contributed by atoms with Crippen LogP contribution < -0.4 is 10.7 Å². The van der Waals surface area contributed by atoms with Gasteiger partial charge in [0.1, 0.15) is 0 Å². The first-order valence-electron chi connectivity index (χ1n) is 8.62. The maximum Gasteiger partial charge on any atom is 0.294 e. The molecule has 28 heavy (non-hydrogen) atoms. The van der Waals surface area contributed by atoms with Crippen LogP contribution in [0.5, 0.6) is 0 Å². The van der Waals surface area contributed by atoms with E-state index in [4.69, 9.17) is 0 Å². The molecule has 1 aromatic heterocycles. The minimum atomic E-state index is -4.40. The van der Waals surface area contributed by atoms with Gasteiger partial charge >= 0.3 is 0 Å². The van der Waals surface area contributed by atoms with E-state index in [9.17, 15) is 22.6 Å². The summed E-state index contributed by atoms with van der Waals surface area (Å²) in [4.78, 5) is 28.5. The molecule has 1 atom stereocenters. The molecular formula is C20H14N2O5S. The maximum atomic E-state index is 12.9. The van der Waals surface area contributed by atoms with Gasteiger partial charge in [0.2, 0.25) is 0 Å². The lowest BCUT2D eigenvalue weighted by molar-refractivity contribution is 0.102. The van der Waals surface area contributed by atoms with Crippen molar-refractivity contribution in [3.63, 3.8) is 0 Å². The van der Waals surface area contributed by atoms with Crippen molar-refractivity contribution < 1.29 is 17.8 Å². The number of aromatic amines is 1. The molecule has 2 heterocycles. The summed E-state index contributed by atoms with van der Waals surface area (Å²) in [5, 5.41) is 3.96. The third-order valence-electron chi connectivity index (χ3n) is 5.16. The van der Waals surface area contributed by atoms with Gasteiger partial charge in [-0.15, -0.1) is 0 Å². The highest BCUT2D eigenvalue weighted by Gasteiger charge is 2.30. The van der Waals surface area contributed by atoms with Crippen LogP contribution in [0, 0.1) is 0 Å². The highest BCUT2D eigenvalue weighted by molar-refractivity contribution is 7.85. The second-order valence-electron chi connectivity index (χ2n) is 6.85. The molecule has 3 aromatic rings. The van der Waals surface area contributed by atoms with Gasteiger partial charge < -0.3 is 10.3 Å². The summed E-state index contributed by atoms with van der Waals surface area (Å²) in [6.45, 7) is 0. The summed E-state index contributed by atoms with van der Waals surface area (Å²) in [7, 11) is -4.40. The predicted molar refractivity (Wildman–Crippen MR) is 105 cm³/mol. The normalized spacial score (nSPS) is 18.5. The quantitative estimate of drug-likeness (QED) is 0.332. The van der Waals surface area contributed by atoms with Crippen LogP contribution in [-0.2, 0) is 10.1 Å². The van der Waals surface area contributed by atoms with Gasteiger partial charge in [-0.25, -0.2) is 0 Å². The number of hydrogen-bond acceptors (Lipinski definition) is 5. The van der Waals surface area contributed by atoms with Gasteiger partial charge in [-0.3, -0.25) is 14.1 Å². The van der Waals surface area contributed by atoms with Gasteiger partial charge in [-0.1, -0.05) is 18.2 Å². The molecule has 2 aromatic carbocycles. The molecular weight excluding hydrogens is 380 g/mol. The molecule has 1 aliphatic heterocycles. The number of Topliss-reactive ketones (excluding diaryl/α,β-unsaturated/α-hetero) is 1. The summed E-state index contributed by atoms with van der Waals surface area (Å²) in [6.07, 6.45) is 6.49. The van der Waals surface area contributed by atoms with Gasteiger partial charge in [0, 0.05) is 27.6 Å². The van der Waals surface area contributed by atoms with Gasteiger partial charge in [-0.05, 0) is 36.8 Å². The number of carbonyl (C=O) groups excluding carboxylic acids is 1. The molecule has 5 rings (SSSR count). The number of aromatic nitrogens is 1. The molecule has 0 saturated carbocycles. The Balaban J connectivity index is 1.79. The van der Waals surface area contributed by atoms with E-state index in [2.05, 4.69) is 10.3 Å². The number of anilines is 1. The smallest absolute Gasteiger partial charge is 0.294 e. The van der Waals surface area contributed by atoms with E-state index in [1.165, 1.54) is 18.2 Å². The first-order valence-corrected chi connectivity index (χ1v) is 10.1. The zero-order valence-corrected chi connectivity index (χ0v) is 15.2. The number of carbonyl (C=O) groups is 1. The number of H-pyrrole nitrogens is 1. The highest BCUT2D eigenvalue weighted by Crippen LogP contribution is 2.33. The molecule has 8 heteroatoms. The van der Waals surface area contributed by atoms with Gasteiger partial charge in [0.25, 0.3) is 10.1 Å². The molecule has 140 valence electrons. The Bertz CT molecular complexity index is 1430. The van der Waals surface area contributed by atoms with Crippen LogP contribution in [0.4, 0.5) is 5.69 Å². The zero-order valence-electron chi connectivity index (χ0n) is 14.4. The fourth-order valence-corrected chi connectivity index (χ4v) is 4.30. The minimum Gasteiger partial charge on any atom is -0.374 e. The van der Waals surface area contributed by atoms with E-state index in [-0.39, 0.29) is 27.7 Å². The highest BCUT2D eigenvalue weighted by atomic mass is 32.2. The van der Waals surface area contributed by atoms with E-state index in [1.807, 2.05) is 18.2 Å². The molecule has 0 saturated heterocycles. The standard InChI is InChI=1S/C20H14N2O5S/c23-19-11-3-1-2-4-15(11)21-17-8-14-18(9-13(17)19)22-16-7-10(28(25,26)27)5-6-12(16)20(14)24/h2-9,15,21H,1H2,(H,22,24)(H,25,26,27). The Morgan fingerprint density at radius 1 is 1.04 bits per heavy atom. The lowest BCUT2D eigenvalue weighted by Crippen LogP contribution is -2.32. The summed E-state index contributed by atoms with van der Waals surface area (Å²) < 4.78 is 32.0. The van der Waals surface area contributed by atoms with Crippen LogP contribution in [0.3, 0.4) is 0 Å². The monoisotopic (exact) mass is 394 g/mol. The number of allylic oxidation sites excluding steroid dienone is 2. The number of rotatable bonds is 1. The summed E-state index contributed by atoms with van der Waals surface area (Å²) in [6, 6.07) is 6.80. The molecule has 0 radical (unpaired) electrons. The number of nitrogens with one attached hydrogen (secondary N) is 2. The lowest BCUT2D eigenvalue weighted by Gasteiger charge is -2.28. The average Bonchev–Trinajstić information content (AvgIpc) is 2.67. The molecule has 3 N–H and O–H groups in total. The van der Waals surface area contributed by atoms with Crippen molar-refractivity contribution in [1.82, 2.24) is 4.98 Å². The van der Waals surface area contributed by atoms with Crippen molar-refractivity contribution >= 4 is 43.4 Å². The average molecular weight is 394 g/mol. The molecule has 0 spiro atoms. The van der Waals surface area contributed by atoms with Crippen LogP contribution in [0.2, 0.25) is 0 Å². The zero-order chi connectivity index (χ0) is 19.6. The third kappa shape index (κ3) is 2.42. The molecule has 1 unspecified atom stereocenters. The molecule has 2 aliphatic rings. The fourth-order valence-electron chi connectivity index (χ4n) is 3.80. The lowest BCUT2D eigenvalue weighted by atomic mass is 9.87. The van der Waals surface area contributed by atoms with Crippen LogP contribution >= 0.6 is 0 Å². The Morgan fingerprint density at radius 3 is 2.61 bits per heavy atom. The van der Waals surface area contributed by atoms with E-state index >= 15 is 0 Å². The van der Waals surface area contributed by atoms with Gasteiger partial charge in [0.15, 0.2) is 11.2 Å². The van der Waals surface area contributed by atoms with Crippen molar-refractivity contribution in [2.75, 3.05) is 5.32 Å². The minimum absolute atomic E-state index is 0.0994. The number of hydrogen-bond donors (Lipinski definition) is 3. The SMILES string of the molecule is O=C1C2=CCC=CC2Nc2cc3c(=O)c4ccc(S(=O)(=O)O)cc4[nH]c3cc21. The Hall–Kier alpha value is -3.23. The number of ketones is 1. The largest absolute Gasteiger partial charge is 0.374 e. The second-order valence-corrected chi connectivity index (χ2v) is 8.28. The Kier molecular flexibility index (Phi) is 3.40. The van der Waals surface area contributed by atoms with Crippen LogP contribution in [0.15, 0.2) is 63.8 Å². The molecule has 0 bridgehead atoms. The second kappa shape index (κ2) is 5.63. The number of pyridine rings is 1. The van der Waals surface area contributed by atoms with Crippen molar-refractivity contribution in [3.05, 3.63) is 69.9 Å². The molecule has 0 fully saturated rings. The fraction of sp³-hybridized carbons (Fsp3) is 0.100. The predicted octanol–water partition coefficient (Wildman–Crippen LogP) is 2.79. The van der Waals surface area contributed by atoms with Crippen molar-refractivity contribution in [3.8, 4) is 0 Å². The van der Waals surface area contributed by atoms with Gasteiger partial charge in [-0.2, -0.15) is 8.42 Å². The van der Waals surface area contributed by atoms with E-state index in [0.29, 0.717) is 39.5 Å². The molecule has 0 amide bonds. The third-order valence-corrected chi connectivity index (χ3v) is 6.01. The van der Waals surface area contributed by atoms with E-state index in [1.54, 1.807) is 12.1 Å².